The molecule has 21 heavy (non-hydrogen) atoms. The number of carbonyl (C=O) groups excluding carboxylic acids is 1. The van der Waals surface area contributed by atoms with Gasteiger partial charge in [-0.25, -0.2) is 0 Å². The van der Waals surface area contributed by atoms with Crippen LogP contribution in [-0.4, -0.2) is 16.9 Å². The number of hydrogen-bond donors (Lipinski definition) is 1. The standard InChI is InChI=1S/C16H24N2O3/c1-4-5-6-7-8-13(3)17-16(19)14-9-10-15(18(20)21)12(2)11-14/h9-11,13H,4-8H2,1-3H3,(H,17,19). The zero-order valence-corrected chi connectivity index (χ0v) is 13.0. The van der Waals surface area contributed by atoms with E-state index in [0.717, 1.165) is 12.8 Å². The van der Waals surface area contributed by atoms with Crippen molar-refractivity contribution >= 4 is 11.6 Å². The summed E-state index contributed by atoms with van der Waals surface area (Å²) >= 11 is 0. The van der Waals surface area contributed by atoms with Gasteiger partial charge in [-0.15, -0.1) is 0 Å². The summed E-state index contributed by atoms with van der Waals surface area (Å²) in [5, 5.41) is 13.7. The van der Waals surface area contributed by atoms with Crippen LogP contribution in [0.3, 0.4) is 0 Å². The van der Waals surface area contributed by atoms with Gasteiger partial charge in [-0.2, -0.15) is 0 Å². The molecule has 0 saturated heterocycles. The molecule has 0 aromatic heterocycles. The second kappa shape index (κ2) is 8.39. The molecule has 0 heterocycles. The molecular formula is C16H24N2O3. The number of benzene rings is 1. The summed E-state index contributed by atoms with van der Waals surface area (Å²) in [6, 6.07) is 4.57. The summed E-state index contributed by atoms with van der Waals surface area (Å²) in [5.41, 5.74) is 1.01. The van der Waals surface area contributed by atoms with Crippen molar-refractivity contribution in [3.63, 3.8) is 0 Å². The quantitative estimate of drug-likeness (QED) is 0.447. The minimum atomic E-state index is -0.437. The molecule has 1 atom stereocenters. The van der Waals surface area contributed by atoms with E-state index in [4.69, 9.17) is 0 Å². The van der Waals surface area contributed by atoms with Crippen molar-refractivity contribution in [3.8, 4) is 0 Å². The van der Waals surface area contributed by atoms with E-state index in [2.05, 4.69) is 12.2 Å². The third-order valence-electron chi connectivity index (χ3n) is 3.52. The van der Waals surface area contributed by atoms with Gasteiger partial charge < -0.3 is 5.32 Å². The average Bonchev–Trinajstić information content (AvgIpc) is 2.43. The molecule has 1 unspecified atom stereocenters. The predicted molar refractivity (Wildman–Crippen MR) is 83.5 cm³/mol. The number of rotatable bonds is 8. The molecule has 0 saturated carbocycles. The molecule has 5 heteroatoms. The van der Waals surface area contributed by atoms with Crippen LogP contribution >= 0.6 is 0 Å². The van der Waals surface area contributed by atoms with Gasteiger partial charge in [0, 0.05) is 23.2 Å². The lowest BCUT2D eigenvalue weighted by Gasteiger charge is -2.14. The maximum Gasteiger partial charge on any atom is 0.272 e. The lowest BCUT2D eigenvalue weighted by atomic mass is 10.1. The lowest BCUT2D eigenvalue weighted by molar-refractivity contribution is -0.385. The fourth-order valence-electron chi connectivity index (χ4n) is 2.26. The highest BCUT2D eigenvalue weighted by molar-refractivity contribution is 5.94. The Morgan fingerprint density at radius 1 is 1.33 bits per heavy atom. The molecule has 0 bridgehead atoms. The summed E-state index contributed by atoms with van der Waals surface area (Å²) in [6.45, 7) is 5.80. The van der Waals surface area contributed by atoms with Crippen LogP contribution in [-0.2, 0) is 0 Å². The Labute approximate surface area is 125 Å². The van der Waals surface area contributed by atoms with Gasteiger partial charge in [-0.05, 0) is 32.4 Å². The van der Waals surface area contributed by atoms with Gasteiger partial charge in [0.2, 0.25) is 0 Å². The summed E-state index contributed by atoms with van der Waals surface area (Å²) in [7, 11) is 0. The van der Waals surface area contributed by atoms with E-state index >= 15 is 0 Å². The fourth-order valence-corrected chi connectivity index (χ4v) is 2.26. The first-order chi connectivity index (χ1) is 9.95. The van der Waals surface area contributed by atoms with Gasteiger partial charge in [0.15, 0.2) is 0 Å². The van der Waals surface area contributed by atoms with Crippen LogP contribution in [0.5, 0.6) is 0 Å². The van der Waals surface area contributed by atoms with Crippen LogP contribution in [0.4, 0.5) is 5.69 Å². The van der Waals surface area contributed by atoms with Crippen LogP contribution in [0.25, 0.3) is 0 Å². The smallest absolute Gasteiger partial charge is 0.272 e. The van der Waals surface area contributed by atoms with Gasteiger partial charge in [0.05, 0.1) is 4.92 Å². The van der Waals surface area contributed by atoms with Crippen molar-refractivity contribution in [2.75, 3.05) is 0 Å². The second-order valence-corrected chi connectivity index (χ2v) is 5.48. The highest BCUT2D eigenvalue weighted by Gasteiger charge is 2.15. The Balaban J connectivity index is 2.55. The zero-order chi connectivity index (χ0) is 15.8. The van der Waals surface area contributed by atoms with E-state index in [9.17, 15) is 14.9 Å². The van der Waals surface area contributed by atoms with Crippen molar-refractivity contribution in [1.82, 2.24) is 5.32 Å². The maximum absolute atomic E-state index is 12.1. The number of hydrogen-bond acceptors (Lipinski definition) is 3. The van der Waals surface area contributed by atoms with E-state index in [1.165, 1.54) is 31.4 Å². The molecule has 1 rings (SSSR count). The Morgan fingerprint density at radius 2 is 2.05 bits per heavy atom. The summed E-state index contributed by atoms with van der Waals surface area (Å²) in [5.74, 6) is -0.170. The highest BCUT2D eigenvalue weighted by atomic mass is 16.6. The second-order valence-electron chi connectivity index (χ2n) is 5.48. The maximum atomic E-state index is 12.1. The minimum Gasteiger partial charge on any atom is -0.350 e. The first kappa shape index (κ1) is 17.1. The molecule has 0 aliphatic carbocycles. The topological polar surface area (TPSA) is 72.2 Å². The third-order valence-corrected chi connectivity index (χ3v) is 3.52. The highest BCUT2D eigenvalue weighted by Crippen LogP contribution is 2.18. The monoisotopic (exact) mass is 292 g/mol. The van der Waals surface area contributed by atoms with Gasteiger partial charge in [-0.3, -0.25) is 14.9 Å². The van der Waals surface area contributed by atoms with Gasteiger partial charge in [0.25, 0.3) is 11.6 Å². The molecular weight excluding hydrogens is 268 g/mol. The summed E-state index contributed by atoms with van der Waals surface area (Å²) in [4.78, 5) is 22.4. The van der Waals surface area contributed by atoms with Crippen molar-refractivity contribution in [1.29, 1.82) is 0 Å². The molecule has 0 radical (unpaired) electrons. The largest absolute Gasteiger partial charge is 0.350 e. The number of nitro benzene ring substituents is 1. The van der Waals surface area contributed by atoms with Crippen molar-refractivity contribution in [2.24, 2.45) is 0 Å². The summed E-state index contributed by atoms with van der Waals surface area (Å²) < 4.78 is 0. The van der Waals surface area contributed by atoms with Crippen LogP contribution in [0.1, 0.15) is 61.9 Å². The van der Waals surface area contributed by atoms with Crippen molar-refractivity contribution in [2.45, 2.75) is 58.9 Å². The molecule has 1 aromatic rings. The number of aryl methyl sites for hydroxylation is 1. The molecule has 1 N–H and O–H groups in total. The lowest BCUT2D eigenvalue weighted by Crippen LogP contribution is -2.32. The van der Waals surface area contributed by atoms with Crippen LogP contribution in [0.15, 0.2) is 18.2 Å². The van der Waals surface area contributed by atoms with Gasteiger partial charge in [-0.1, -0.05) is 32.6 Å². The predicted octanol–water partition coefficient (Wildman–Crippen LogP) is 3.99. The van der Waals surface area contributed by atoms with Crippen LogP contribution < -0.4 is 5.32 Å². The van der Waals surface area contributed by atoms with Crippen LogP contribution in [0, 0.1) is 17.0 Å². The van der Waals surface area contributed by atoms with Crippen LogP contribution in [0.2, 0.25) is 0 Å². The Hall–Kier alpha value is -1.91. The third kappa shape index (κ3) is 5.53. The molecule has 1 amide bonds. The first-order valence-corrected chi connectivity index (χ1v) is 7.51. The number of carbonyl (C=O) groups is 1. The number of nitrogens with one attached hydrogen (secondary N) is 1. The van der Waals surface area contributed by atoms with E-state index in [1.807, 2.05) is 6.92 Å². The van der Waals surface area contributed by atoms with E-state index in [0.29, 0.717) is 11.1 Å². The zero-order valence-electron chi connectivity index (χ0n) is 13.0. The fraction of sp³-hybridized carbons (Fsp3) is 0.562. The number of amides is 1. The van der Waals surface area contributed by atoms with Crippen molar-refractivity contribution in [3.05, 3.63) is 39.4 Å². The molecule has 5 nitrogen and oxygen atoms in total. The van der Waals surface area contributed by atoms with Gasteiger partial charge >= 0.3 is 0 Å². The molecule has 0 fully saturated rings. The molecule has 116 valence electrons. The number of nitrogens with zero attached hydrogens (tertiary/aromatic N) is 1. The van der Waals surface area contributed by atoms with E-state index < -0.39 is 4.92 Å². The SMILES string of the molecule is CCCCCCC(C)NC(=O)c1ccc([N+](=O)[O-])c(C)c1. The Morgan fingerprint density at radius 3 is 2.62 bits per heavy atom. The molecule has 0 spiro atoms. The first-order valence-electron chi connectivity index (χ1n) is 7.51. The minimum absolute atomic E-state index is 0.0409. The van der Waals surface area contributed by atoms with E-state index in [-0.39, 0.29) is 17.6 Å². The summed E-state index contributed by atoms with van der Waals surface area (Å²) in [6.07, 6.45) is 5.67. The Bertz CT molecular complexity index is 500. The Kier molecular flexibility index (Phi) is 6.85. The number of unbranched alkanes of at least 4 members (excludes halogenated alkanes) is 3. The number of nitro groups is 1. The van der Waals surface area contributed by atoms with E-state index in [1.54, 1.807) is 13.0 Å². The molecule has 1 aromatic carbocycles. The van der Waals surface area contributed by atoms with Gasteiger partial charge in [0.1, 0.15) is 0 Å². The van der Waals surface area contributed by atoms with Crippen molar-refractivity contribution < 1.29 is 9.72 Å². The normalized spacial score (nSPS) is 12.0. The average molecular weight is 292 g/mol. The molecule has 0 aliphatic heterocycles. The molecule has 0 aliphatic rings.